The van der Waals surface area contributed by atoms with Gasteiger partial charge in [0.15, 0.2) is 4.67 Å². The van der Waals surface area contributed by atoms with E-state index in [9.17, 15) is 4.79 Å². The number of anilines is 1. The van der Waals surface area contributed by atoms with E-state index in [4.69, 9.17) is 4.42 Å². The molecular formula is C15H14BrNO2. The fourth-order valence-corrected chi connectivity index (χ4v) is 1.90. The van der Waals surface area contributed by atoms with E-state index in [-0.39, 0.29) is 5.91 Å². The highest BCUT2D eigenvalue weighted by Crippen LogP contribution is 2.16. The number of benzene rings is 1. The quantitative estimate of drug-likeness (QED) is 0.856. The van der Waals surface area contributed by atoms with Crippen LogP contribution < -0.4 is 5.32 Å². The highest BCUT2D eigenvalue weighted by atomic mass is 79.9. The average Bonchev–Trinajstić information content (AvgIpc) is 2.77. The number of furan rings is 1. The lowest BCUT2D eigenvalue weighted by Gasteiger charge is -2.05. The Morgan fingerprint density at radius 3 is 2.63 bits per heavy atom. The molecule has 0 aliphatic carbocycles. The fraction of sp³-hybridized carbons (Fsp3) is 0.133. The summed E-state index contributed by atoms with van der Waals surface area (Å²) in [6, 6.07) is 9.38. The van der Waals surface area contributed by atoms with Crippen molar-refractivity contribution in [2.24, 2.45) is 0 Å². The van der Waals surface area contributed by atoms with Crippen LogP contribution in [0.4, 0.5) is 5.69 Å². The van der Waals surface area contributed by atoms with Crippen LogP contribution in [0, 0.1) is 13.8 Å². The maximum atomic E-state index is 11.7. The number of aryl methyl sites for hydroxylation is 2. The van der Waals surface area contributed by atoms with Crippen molar-refractivity contribution in [1.82, 2.24) is 0 Å². The SMILES string of the molecule is Cc1ccc(NC(=O)/C=C/c2ccc(Br)o2)cc1C. The Morgan fingerprint density at radius 1 is 1.21 bits per heavy atom. The molecule has 4 heteroatoms. The normalized spacial score (nSPS) is 10.9. The molecule has 1 N–H and O–H groups in total. The van der Waals surface area contributed by atoms with Crippen LogP contribution in [0.3, 0.4) is 0 Å². The van der Waals surface area contributed by atoms with Crippen molar-refractivity contribution in [1.29, 1.82) is 0 Å². The zero-order valence-electron chi connectivity index (χ0n) is 10.7. The first kappa shape index (κ1) is 13.6. The Balaban J connectivity index is 2.01. The van der Waals surface area contributed by atoms with Crippen LogP contribution in [0.5, 0.6) is 0 Å². The summed E-state index contributed by atoms with van der Waals surface area (Å²) in [5.74, 6) is 0.442. The third-order valence-corrected chi connectivity index (χ3v) is 3.19. The lowest BCUT2D eigenvalue weighted by molar-refractivity contribution is -0.111. The van der Waals surface area contributed by atoms with Crippen LogP contribution in [0.2, 0.25) is 0 Å². The summed E-state index contributed by atoms with van der Waals surface area (Å²) in [4.78, 5) is 11.7. The minimum Gasteiger partial charge on any atom is -0.450 e. The zero-order chi connectivity index (χ0) is 13.8. The number of hydrogen-bond donors (Lipinski definition) is 1. The highest BCUT2D eigenvalue weighted by molar-refractivity contribution is 9.10. The van der Waals surface area contributed by atoms with Crippen LogP contribution in [-0.2, 0) is 4.79 Å². The van der Waals surface area contributed by atoms with Gasteiger partial charge >= 0.3 is 0 Å². The monoisotopic (exact) mass is 319 g/mol. The summed E-state index contributed by atoms with van der Waals surface area (Å²) in [6.45, 7) is 4.05. The van der Waals surface area contributed by atoms with Crippen molar-refractivity contribution in [2.75, 3.05) is 5.32 Å². The second-order valence-electron chi connectivity index (χ2n) is 4.26. The number of carbonyl (C=O) groups excluding carboxylic acids is 1. The van der Waals surface area contributed by atoms with Gasteiger partial charge in [0.25, 0.3) is 0 Å². The second kappa shape index (κ2) is 5.89. The van der Waals surface area contributed by atoms with Crippen molar-refractivity contribution in [3.05, 3.63) is 58.0 Å². The first-order valence-electron chi connectivity index (χ1n) is 5.86. The van der Waals surface area contributed by atoms with Gasteiger partial charge in [-0.3, -0.25) is 4.79 Å². The van der Waals surface area contributed by atoms with Gasteiger partial charge in [0.05, 0.1) is 0 Å². The molecule has 0 aliphatic rings. The van der Waals surface area contributed by atoms with E-state index in [0.29, 0.717) is 10.4 Å². The predicted octanol–water partition coefficient (Wildman–Crippen LogP) is 4.31. The Kier molecular flexibility index (Phi) is 4.22. The van der Waals surface area contributed by atoms with Gasteiger partial charge < -0.3 is 9.73 Å². The molecule has 0 radical (unpaired) electrons. The summed E-state index contributed by atoms with van der Waals surface area (Å²) in [5, 5.41) is 2.81. The van der Waals surface area contributed by atoms with Crippen molar-refractivity contribution in [3.63, 3.8) is 0 Å². The molecule has 19 heavy (non-hydrogen) atoms. The maximum absolute atomic E-state index is 11.7. The van der Waals surface area contributed by atoms with E-state index in [0.717, 1.165) is 11.3 Å². The van der Waals surface area contributed by atoms with Gasteiger partial charge in [-0.1, -0.05) is 6.07 Å². The first-order valence-corrected chi connectivity index (χ1v) is 6.65. The highest BCUT2D eigenvalue weighted by Gasteiger charge is 2.01. The number of nitrogens with one attached hydrogen (secondary N) is 1. The number of carbonyl (C=O) groups is 1. The molecular weight excluding hydrogens is 306 g/mol. The molecule has 0 spiro atoms. The lowest BCUT2D eigenvalue weighted by Crippen LogP contribution is -2.07. The molecule has 0 fully saturated rings. The van der Waals surface area contributed by atoms with Gasteiger partial charge in [-0.25, -0.2) is 0 Å². The second-order valence-corrected chi connectivity index (χ2v) is 5.05. The third kappa shape index (κ3) is 3.83. The summed E-state index contributed by atoms with van der Waals surface area (Å²) in [5.41, 5.74) is 3.14. The molecule has 2 rings (SSSR count). The summed E-state index contributed by atoms with van der Waals surface area (Å²) < 4.78 is 5.91. The largest absolute Gasteiger partial charge is 0.450 e. The number of rotatable bonds is 3. The van der Waals surface area contributed by atoms with E-state index < -0.39 is 0 Å². The molecule has 98 valence electrons. The molecule has 1 amide bonds. The third-order valence-electron chi connectivity index (χ3n) is 2.77. The van der Waals surface area contributed by atoms with E-state index in [1.807, 2.05) is 32.0 Å². The van der Waals surface area contributed by atoms with Gasteiger partial charge in [0.1, 0.15) is 5.76 Å². The van der Waals surface area contributed by atoms with Crippen LogP contribution in [0.25, 0.3) is 6.08 Å². The van der Waals surface area contributed by atoms with Gasteiger partial charge in [0, 0.05) is 11.8 Å². The smallest absolute Gasteiger partial charge is 0.248 e. The molecule has 0 bridgehead atoms. The Bertz CT molecular complexity index is 629. The van der Waals surface area contributed by atoms with E-state index >= 15 is 0 Å². The Labute approximate surface area is 120 Å². The van der Waals surface area contributed by atoms with Crippen molar-refractivity contribution in [2.45, 2.75) is 13.8 Å². The molecule has 0 aliphatic heterocycles. The van der Waals surface area contributed by atoms with Gasteiger partial charge in [-0.05, 0) is 71.2 Å². The number of halogens is 1. The molecule has 0 saturated carbocycles. The lowest BCUT2D eigenvalue weighted by atomic mass is 10.1. The van der Waals surface area contributed by atoms with Crippen molar-refractivity contribution in [3.8, 4) is 0 Å². The topological polar surface area (TPSA) is 42.2 Å². The van der Waals surface area contributed by atoms with Gasteiger partial charge in [-0.15, -0.1) is 0 Å². The minimum atomic E-state index is -0.184. The first-order chi connectivity index (χ1) is 9.04. The molecule has 3 nitrogen and oxygen atoms in total. The summed E-state index contributed by atoms with van der Waals surface area (Å²) >= 11 is 3.21. The van der Waals surface area contributed by atoms with Crippen LogP contribution >= 0.6 is 15.9 Å². The van der Waals surface area contributed by atoms with Crippen LogP contribution in [0.15, 0.2) is 45.5 Å². The summed E-state index contributed by atoms with van der Waals surface area (Å²) in [6.07, 6.45) is 3.07. The van der Waals surface area contributed by atoms with Crippen molar-refractivity contribution >= 4 is 33.6 Å². The zero-order valence-corrected chi connectivity index (χ0v) is 12.3. The average molecular weight is 320 g/mol. The minimum absolute atomic E-state index is 0.184. The van der Waals surface area contributed by atoms with E-state index in [1.165, 1.54) is 11.6 Å². The van der Waals surface area contributed by atoms with Crippen LogP contribution in [-0.4, -0.2) is 5.91 Å². The standard InChI is InChI=1S/C15H14BrNO2/c1-10-3-4-12(9-11(10)2)17-15(18)8-6-13-5-7-14(16)19-13/h3-9H,1-2H3,(H,17,18)/b8-6+. The molecule has 0 saturated heterocycles. The van der Waals surface area contributed by atoms with Gasteiger partial charge in [0.2, 0.25) is 5.91 Å². The molecule has 1 heterocycles. The molecule has 1 aromatic carbocycles. The maximum Gasteiger partial charge on any atom is 0.248 e. The van der Waals surface area contributed by atoms with E-state index in [2.05, 4.69) is 21.2 Å². The Hall–Kier alpha value is -1.81. The fourth-order valence-electron chi connectivity index (χ4n) is 1.58. The van der Waals surface area contributed by atoms with Gasteiger partial charge in [-0.2, -0.15) is 0 Å². The van der Waals surface area contributed by atoms with Crippen molar-refractivity contribution < 1.29 is 9.21 Å². The van der Waals surface area contributed by atoms with E-state index in [1.54, 1.807) is 18.2 Å². The Morgan fingerprint density at radius 2 is 2.00 bits per heavy atom. The molecule has 1 aromatic heterocycles. The molecule has 2 aromatic rings. The molecule has 0 unspecified atom stereocenters. The number of hydrogen-bond acceptors (Lipinski definition) is 2. The van der Waals surface area contributed by atoms with Crippen LogP contribution in [0.1, 0.15) is 16.9 Å². The number of amides is 1. The predicted molar refractivity (Wildman–Crippen MR) is 80.0 cm³/mol. The summed E-state index contributed by atoms with van der Waals surface area (Å²) in [7, 11) is 0. The molecule has 0 atom stereocenters.